The topological polar surface area (TPSA) is 36.3 Å². The van der Waals surface area contributed by atoms with Crippen LogP contribution < -0.4 is 0 Å². The molecule has 0 N–H and O–H groups in total. The average Bonchev–Trinajstić information content (AvgIpc) is 2.88. The Morgan fingerprint density at radius 1 is 1.42 bits per heavy atom. The fraction of sp³-hybridized carbons (Fsp3) is 0.889. The highest BCUT2D eigenvalue weighted by Crippen LogP contribution is 2.45. The molecule has 2 rings (SSSR count). The zero-order chi connectivity index (χ0) is 8.44. The molecule has 1 aliphatic heterocycles. The molecule has 66 valence electrons. The van der Waals surface area contributed by atoms with Crippen molar-refractivity contribution in [3.63, 3.8) is 0 Å². The maximum absolute atomic E-state index is 8.85. The monoisotopic (exact) mass is 166 g/mol. The molecule has 0 bridgehead atoms. The first kappa shape index (κ1) is 8.03. The van der Waals surface area contributed by atoms with Crippen LogP contribution in [0.25, 0.3) is 0 Å². The summed E-state index contributed by atoms with van der Waals surface area (Å²) in [4.78, 5) is 5.44. The minimum Gasteiger partial charge on any atom is -0.299 e. The third kappa shape index (κ3) is 1.60. The van der Waals surface area contributed by atoms with Gasteiger partial charge in [-0.1, -0.05) is 0 Å². The van der Waals surface area contributed by atoms with E-state index in [-0.39, 0.29) is 5.41 Å². The lowest BCUT2D eigenvalue weighted by molar-refractivity contribution is -0.186. The molecule has 3 heteroatoms. The van der Waals surface area contributed by atoms with Gasteiger partial charge in [-0.05, 0) is 25.7 Å². The molecule has 2 aliphatic rings. The molecule has 3 nitrogen and oxygen atoms in total. The lowest BCUT2D eigenvalue weighted by Crippen LogP contribution is -2.34. The van der Waals surface area contributed by atoms with Gasteiger partial charge in [0.1, 0.15) is 0 Å². The smallest absolute Gasteiger partial charge is 0.0725 e. The largest absolute Gasteiger partial charge is 0.299 e. The van der Waals surface area contributed by atoms with E-state index in [0.717, 1.165) is 39.0 Å². The van der Waals surface area contributed by atoms with Gasteiger partial charge in [0.25, 0.3) is 0 Å². The molecule has 0 aromatic rings. The first-order chi connectivity index (χ1) is 5.85. The summed E-state index contributed by atoms with van der Waals surface area (Å²) in [7, 11) is 0. The second-order valence-corrected chi connectivity index (χ2v) is 3.80. The van der Waals surface area contributed by atoms with Gasteiger partial charge in [-0.25, -0.2) is 0 Å². The first-order valence-electron chi connectivity index (χ1n) is 4.64. The van der Waals surface area contributed by atoms with Crippen LogP contribution in [0.4, 0.5) is 0 Å². The van der Waals surface area contributed by atoms with E-state index in [0.29, 0.717) is 0 Å². The first-order valence-corrected chi connectivity index (χ1v) is 4.64. The lowest BCUT2D eigenvalue weighted by atomic mass is 10.1. The Labute approximate surface area is 72.9 Å². The highest BCUT2D eigenvalue weighted by Gasteiger charge is 2.44. The molecule has 0 atom stereocenters. The van der Waals surface area contributed by atoms with Gasteiger partial charge in [0.15, 0.2) is 0 Å². The predicted octanol–water partition coefficient (Wildman–Crippen LogP) is 1.32. The molecule has 1 saturated carbocycles. The third-order valence-corrected chi connectivity index (χ3v) is 2.65. The van der Waals surface area contributed by atoms with Crippen LogP contribution in [-0.2, 0) is 4.84 Å². The van der Waals surface area contributed by atoms with Crippen LogP contribution in [0.3, 0.4) is 0 Å². The highest BCUT2D eigenvalue weighted by atomic mass is 16.7. The van der Waals surface area contributed by atoms with E-state index in [9.17, 15) is 0 Å². The number of nitrogens with zero attached hydrogens (tertiary/aromatic N) is 2. The summed E-state index contributed by atoms with van der Waals surface area (Å²) in [6.07, 6.45) is 4.49. The predicted molar refractivity (Wildman–Crippen MR) is 44.0 cm³/mol. The number of hydroxylamine groups is 2. The molecule has 1 saturated heterocycles. The molecular formula is C9H14N2O. The van der Waals surface area contributed by atoms with Crippen molar-refractivity contribution >= 4 is 0 Å². The van der Waals surface area contributed by atoms with Crippen molar-refractivity contribution in [2.24, 2.45) is 5.41 Å². The zero-order valence-electron chi connectivity index (χ0n) is 7.25. The summed E-state index contributed by atoms with van der Waals surface area (Å²) in [5, 5.41) is 10.8. The van der Waals surface area contributed by atoms with Crippen molar-refractivity contribution < 1.29 is 4.84 Å². The van der Waals surface area contributed by atoms with Gasteiger partial charge in [-0.15, -0.1) is 0 Å². The maximum atomic E-state index is 8.85. The number of hydrogen-bond acceptors (Lipinski definition) is 3. The Balaban J connectivity index is 1.82. The molecule has 1 heterocycles. The molecule has 0 amide bonds. The van der Waals surface area contributed by atoms with Crippen LogP contribution in [0.2, 0.25) is 0 Å². The molecular weight excluding hydrogens is 152 g/mol. The van der Waals surface area contributed by atoms with Gasteiger partial charge in [-0.2, -0.15) is 10.3 Å². The third-order valence-electron chi connectivity index (χ3n) is 2.65. The van der Waals surface area contributed by atoms with Gasteiger partial charge < -0.3 is 0 Å². The van der Waals surface area contributed by atoms with Gasteiger partial charge in [0.2, 0.25) is 0 Å². The summed E-state index contributed by atoms with van der Waals surface area (Å²) in [6, 6.07) is 2.38. The summed E-state index contributed by atoms with van der Waals surface area (Å²) in [6.45, 7) is 2.66. The van der Waals surface area contributed by atoms with Gasteiger partial charge >= 0.3 is 0 Å². The summed E-state index contributed by atoms with van der Waals surface area (Å²) < 4.78 is 0. The molecule has 0 spiro atoms. The van der Waals surface area contributed by atoms with E-state index in [1.54, 1.807) is 0 Å². The summed E-state index contributed by atoms with van der Waals surface area (Å²) in [5.74, 6) is 0. The average molecular weight is 166 g/mol. The molecule has 12 heavy (non-hydrogen) atoms. The molecule has 0 radical (unpaired) electrons. The Morgan fingerprint density at radius 2 is 2.25 bits per heavy atom. The van der Waals surface area contributed by atoms with Gasteiger partial charge in [-0.3, -0.25) is 4.84 Å². The second kappa shape index (κ2) is 3.04. The van der Waals surface area contributed by atoms with Crippen LogP contribution in [0.5, 0.6) is 0 Å². The van der Waals surface area contributed by atoms with Crippen molar-refractivity contribution in [2.75, 3.05) is 19.7 Å². The summed E-state index contributed by atoms with van der Waals surface area (Å²) >= 11 is 0. The second-order valence-electron chi connectivity index (χ2n) is 3.80. The zero-order valence-corrected chi connectivity index (χ0v) is 7.25. The Hall–Kier alpha value is -0.590. The van der Waals surface area contributed by atoms with Crippen LogP contribution in [0.1, 0.15) is 25.7 Å². The van der Waals surface area contributed by atoms with Crippen molar-refractivity contribution in [2.45, 2.75) is 25.7 Å². The van der Waals surface area contributed by atoms with Crippen LogP contribution in [-0.4, -0.2) is 24.8 Å². The minimum absolute atomic E-state index is 0.0443. The van der Waals surface area contributed by atoms with E-state index >= 15 is 0 Å². The molecule has 0 aromatic carbocycles. The lowest BCUT2D eigenvalue weighted by Gasteiger charge is -2.27. The van der Waals surface area contributed by atoms with Gasteiger partial charge in [0, 0.05) is 13.1 Å². The van der Waals surface area contributed by atoms with E-state index in [2.05, 4.69) is 6.07 Å². The Kier molecular flexibility index (Phi) is 2.03. The quantitative estimate of drug-likeness (QED) is 0.620. The van der Waals surface area contributed by atoms with Gasteiger partial charge in [0.05, 0.1) is 18.1 Å². The van der Waals surface area contributed by atoms with E-state index in [1.807, 2.05) is 5.06 Å². The van der Waals surface area contributed by atoms with Crippen LogP contribution in [0, 0.1) is 16.7 Å². The minimum atomic E-state index is -0.0443. The molecule has 0 unspecified atom stereocenters. The van der Waals surface area contributed by atoms with E-state index < -0.39 is 0 Å². The number of hydrogen-bond donors (Lipinski definition) is 0. The van der Waals surface area contributed by atoms with Crippen LogP contribution in [0.15, 0.2) is 0 Å². The fourth-order valence-corrected chi connectivity index (χ4v) is 1.57. The van der Waals surface area contributed by atoms with Crippen molar-refractivity contribution in [1.29, 1.82) is 5.26 Å². The van der Waals surface area contributed by atoms with Crippen molar-refractivity contribution in [3.05, 3.63) is 0 Å². The van der Waals surface area contributed by atoms with Crippen LogP contribution >= 0.6 is 0 Å². The summed E-state index contributed by atoms with van der Waals surface area (Å²) in [5.41, 5.74) is -0.0443. The fourth-order valence-electron chi connectivity index (χ4n) is 1.57. The Morgan fingerprint density at radius 3 is 2.75 bits per heavy atom. The normalized spacial score (nSPS) is 27.9. The Bertz CT molecular complexity index is 199. The molecule has 2 fully saturated rings. The number of rotatable bonds is 2. The van der Waals surface area contributed by atoms with E-state index in [4.69, 9.17) is 10.1 Å². The highest BCUT2D eigenvalue weighted by molar-refractivity contribution is 5.10. The van der Waals surface area contributed by atoms with Crippen molar-refractivity contribution in [3.8, 4) is 6.07 Å². The molecule has 0 aromatic heterocycles. The van der Waals surface area contributed by atoms with E-state index in [1.165, 1.54) is 6.42 Å². The SMILES string of the molecule is N#CC1(CN2CCCCO2)CC1. The molecule has 1 aliphatic carbocycles. The number of nitriles is 1. The standard InChI is InChI=1S/C9H14N2O/c10-7-9(3-4-9)8-11-5-1-2-6-12-11/h1-6,8H2. The van der Waals surface area contributed by atoms with Crippen molar-refractivity contribution in [1.82, 2.24) is 5.06 Å². The maximum Gasteiger partial charge on any atom is 0.0725 e.